The molecular formula is C28H26N4O4S2. The Morgan fingerprint density at radius 2 is 1.66 bits per heavy atom. The maximum Gasteiger partial charge on any atom is 0.256 e. The monoisotopic (exact) mass is 546 g/mol. The number of nitrogens with zero attached hydrogens (tertiary/aromatic N) is 2. The fourth-order valence-electron chi connectivity index (χ4n) is 4.20. The number of anilines is 2. The molecule has 3 amide bonds. The highest BCUT2D eigenvalue weighted by Crippen LogP contribution is 2.31. The summed E-state index contributed by atoms with van der Waals surface area (Å²) < 4.78 is 6.78. The molecule has 1 aliphatic rings. The number of fused-ring (bicyclic) bond motifs is 1. The lowest BCUT2D eigenvalue weighted by molar-refractivity contribution is -0.113. The Hall–Kier alpha value is -3.89. The second-order valence-electron chi connectivity index (χ2n) is 8.73. The molecule has 4 aromatic rings. The van der Waals surface area contributed by atoms with Gasteiger partial charge in [0.1, 0.15) is 5.75 Å². The summed E-state index contributed by atoms with van der Waals surface area (Å²) in [6.45, 7) is 1.45. The minimum atomic E-state index is -0.332. The van der Waals surface area contributed by atoms with E-state index >= 15 is 0 Å². The van der Waals surface area contributed by atoms with Gasteiger partial charge in [0.2, 0.25) is 5.91 Å². The second-order valence-corrected chi connectivity index (χ2v) is 11.0. The van der Waals surface area contributed by atoms with E-state index in [1.54, 1.807) is 66.6 Å². The minimum Gasteiger partial charge on any atom is -0.497 e. The number of rotatable bonds is 8. The van der Waals surface area contributed by atoms with Crippen LogP contribution in [0.2, 0.25) is 0 Å². The van der Waals surface area contributed by atoms with Crippen molar-refractivity contribution in [1.82, 2.24) is 9.88 Å². The molecule has 5 rings (SSSR count). The topological polar surface area (TPSA) is 101 Å². The number of hydrogen-bond donors (Lipinski definition) is 2. The van der Waals surface area contributed by atoms with Gasteiger partial charge >= 0.3 is 0 Å². The average molecular weight is 547 g/mol. The van der Waals surface area contributed by atoms with Crippen LogP contribution in [0.3, 0.4) is 0 Å². The number of methoxy groups -OCH3 is 1. The summed E-state index contributed by atoms with van der Waals surface area (Å²) in [6.07, 6.45) is 1.98. The molecule has 1 aliphatic heterocycles. The van der Waals surface area contributed by atoms with Crippen molar-refractivity contribution in [2.45, 2.75) is 17.2 Å². The zero-order valence-electron chi connectivity index (χ0n) is 20.7. The third-order valence-electron chi connectivity index (χ3n) is 6.12. The largest absolute Gasteiger partial charge is 0.497 e. The molecule has 194 valence electrons. The van der Waals surface area contributed by atoms with Gasteiger partial charge in [-0.15, -0.1) is 11.3 Å². The van der Waals surface area contributed by atoms with Crippen LogP contribution >= 0.6 is 23.1 Å². The van der Waals surface area contributed by atoms with Crippen LogP contribution in [0.15, 0.2) is 71.1 Å². The van der Waals surface area contributed by atoms with E-state index < -0.39 is 0 Å². The lowest BCUT2D eigenvalue weighted by Crippen LogP contribution is -2.29. The van der Waals surface area contributed by atoms with E-state index in [2.05, 4.69) is 15.6 Å². The number of likely N-dealkylation sites (tertiary alicyclic amines) is 1. The standard InChI is InChI=1S/C28H26N4O4S2/c1-36-20-11-8-18(9-12-20)29-25(33)17-37-28-31-23-13-10-19(16-24(23)38-28)30-26(34)21-6-2-3-7-22(21)27(35)32-14-4-5-15-32/h2-3,6-13,16H,4-5,14-15,17H2,1H3,(H,29,33)(H,30,34). The smallest absolute Gasteiger partial charge is 0.256 e. The van der Waals surface area contributed by atoms with Gasteiger partial charge < -0.3 is 20.3 Å². The minimum absolute atomic E-state index is 0.108. The van der Waals surface area contributed by atoms with E-state index in [1.807, 2.05) is 12.1 Å². The zero-order valence-corrected chi connectivity index (χ0v) is 22.4. The number of thiazole rings is 1. The van der Waals surface area contributed by atoms with Crippen molar-refractivity contribution in [3.05, 3.63) is 77.9 Å². The first-order valence-electron chi connectivity index (χ1n) is 12.2. The van der Waals surface area contributed by atoms with Gasteiger partial charge in [-0.2, -0.15) is 0 Å². The highest BCUT2D eigenvalue weighted by Gasteiger charge is 2.24. The third-order valence-corrected chi connectivity index (χ3v) is 8.28. The van der Waals surface area contributed by atoms with E-state index in [0.29, 0.717) is 22.5 Å². The molecule has 0 bridgehead atoms. The predicted octanol–water partition coefficient (Wildman–Crippen LogP) is 5.52. The van der Waals surface area contributed by atoms with Crippen LogP contribution in [0.1, 0.15) is 33.6 Å². The molecule has 0 saturated carbocycles. The van der Waals surface area contributed by atoms with Crippen LogP contribution < -0.4 is 15.4 Å². The molecule has 1 saturated heterocycles. The summed E-state index contributed by atoms with van der Waals surface area (Å²) in [5.74, 6) is 0.374. The molecular weight excluding hydrogens is 520 g/mol. The number of benzene rings is 3. The van der Waals surface area contributed by atoms with E-state index in [4.69, 9.17) is 4.74 Å². The van der Waals surface area contributed by atoms with Crippen molar-refractivity contribution in [3.63, 3.8) is 0 Å². The molecule has 2 N–H and O–H groups in total. The lowest BCUT2D eigenvalue weighted by Gasteiger charge is -2.17. The van der Waals surface area contributed by atoms with Crippen LogP contribution in [0, 0.1) is 0 Å². The molecule has 3 aromatic carbocycles. The maximum atomic E-state index is 13.1. The van der Waals surface area contributed by atoms with Gasteiger partial charge in [-0.05, 0) is 67.4 Å². The normalized spacial score (nSPS) is 12.9. The molecule has 0 radical (unpaired) electrons. The first kappa shape index (κ1) is 25.7. The Morgan fingerprint density at radius 1 is 0.947 bits per heavy atom. The molecule has 10 heteroatoms. The summed E-state index contributed by atoms with van der Waals surface area (Å²) >= 11 is 2.81. The van der Waals surface area contributed by atoms with Gasteiger partial charge in [0.05, 0.1) is 34.2 Å². The van der Waals surface area contributed by atoms with E-state index in [9.17, 15) is 14.4 Å². The molecule has 0 unspecified atom stereocenters. The fourth-order valence-corrected chi connectivity index (χ4v) is 6.11. The zero-order chi connectivity index (χ0) is 26.5. The van der Waals surface area contributed by atoms with E-state index in [0.717, 1.165) is 46.2 Å². The van der Waals surface area contributed by atoms with E-state index in [-0.39, 0.29) is 23.5 Å². The molecule has 1 aromatic heterocycles. The number of ether oxygens (including phenoxy) is 1. The molecule has 0 spiro atoms. The molecule has 0 aliphatic carbocycles. The van der Waals surface area contributed by atoms with Gasteiger partial charge in [0.15, 0.2) is 4.34 Å². The van der Waals surface area contributed by atoms with Crippen molar-refractivity contribution in [1.29, 1.82) is 0 Å². The summed E-state index contributed by atoms with van der Waals surface area (Å²) in [7, 11) is 1.59. The quantitative estimate of drug-likeness (QED) is 0.282. The Labute approximate surface area is 228 Å². The first-order chi connectivity index (χ1) is 18.5. The molecule has 38 heavy (non-hydrogen) atoms. The number of nitrogens with one attached hydrogen (secondary N) is 2. The SMILES string of the molecule is COc1ccc(NC(=O)CSc2nc3ccc(NC(=O)c4ccccc4C(=O)N4CCCC4)cc3s2)cc1. The Kier molecular flexibility index (Phi) is 7.90. The second kappa shape index (κ2) is 11.7. The number of carbonyl (C=O) groups excluding carboxylic acids is 3. The number of thioether (sulfide) groups is 1. The van der Waals surface area contributed by atoms with Crippen molar-refractivity contribution >= 4 is 62.4 Å². The molecule has 1 fully saturated rings. The number of carbonyl (C=O) groups is 3. The van der Waals surface area contributed by atoms with E-state index in [1.165, 1.54) is 23.1 Å². The van der Waals surface area contributed by atoms with Gasteiger partial charge in [-0.3, -0.25) is 14.4 Å². The van der Waals surface area contributed by atoms with Crippen LogP contribution in [0.5, 0.6) is 5.75 Å². The van der Waals surface area contributed by atoms with Crippen LogP contribution in [-0.2, 0) is 4.79 Å². The van der Waals surface area contributed by atoms with Crippen molar-refractivity contribution in [2.24, 2.45) is 0 Å². The summed E-state index contributed by atoms with van der Waals surface area (Å²) in [6, 6.07) is 19.6. The molecule has 8 nitrogen and oxygen atoms in total. The lowest BCUT2D eigenvalue weighted by atomic mass is 10.1. The number of hydrogen-bond acceptors (Lipinski definition) is 7. The predicted molar refractivity (Wildman–Crippen MR) is 152 cm³/mol. The summed E-state index contributed by atoms with van der Waals surface area (Å²) in [4.78, 5) is 44.8. The Morgan fingerprint density at radius 3 is 2.39 bits per heavy atom. The third kappa shape index (κ3) is 5.98. The summed E-state index contributed by atoms with van der Waals surface area (Å²) in [5, 5.41) is 5.78. The first-order valence-corrected chi connectivity index (χ1v) is 14.0. The van der Waals surface area contributed by atoms with Crippen molar-refractivity contribution in [3.8, 4) is 5.75 Å². The highest BCUT2D eigenvalue weighted by molar-refractivity contribution is 8.01. The summed E-state index contributed by atoms with van der Waals surface area (Å²) in [5.41, 5.74) is 2.87. The van der Waals surface area contributed by atoms with Crippen LogP contribution in [0.4, 0.5) is 11.4 Å². The van der Waals surface area contributed by atoms with Gasteiger partial charge in [-0.25, -0.2) is 4.98 Å². The van der Waals surface area contributed by atoms with Gasteiger partial charge in [-0.1, -0.05) is 23.9 Å². The fraction of sp³-hybridized carbons (Fsp3) is 0.214. The Balaban J connectivity index is 1.22. The molecule has 0 atom stereocenters. The Bertz CT molecular complexity index is 1480. The van der Waals surface area contributed by atoms with Crippen molar-refractivity contribution < 1.29 is 19.1 Å². The maximum absolute atomic E-state index is 13.1. The highest BCUT2D eigenvalue weighted by atomic mass is 32.2. The molecule has 2 heterocycles. The van der Waals surface area contributed by atoms with Crippen LogP contribution in [0.25, 0.3) is 10.2 Å². The van der Waals surface area contributed by atoms with Gasteiger partial charge in [0.25, 0.3) is 11.8 Å². The number of aromatic nitrogens is 1. The average Bonchev–Trinajstić information content (AvgIpc) is 3.62. The van der Waals surface area contributed by atoms with Crippen molar-refractivity contribution in [2.75, 3.05) is 36.6 Å². The van der Waals surface area contributed by atoms with Crippen LogP contribution in [-0.4, -0.2) is 53.6 Å². The number of amides is 3. The van der Waals surface area contributed by atoms with Gasteiger partial charge in [0, 0.05) is 24.5 Å².